The molecule has 2 rings (SSSR count). The Bertz CT molecular complexity index is 455. The molecule has 103 valence electrons. The third-order valence-corrected chi connectivity index (χ3v) is 2.13. The number of hydrogen-bond acceptors (Lipinski definition) is 3. The molecule has 1 N–H and O–H groups in total. The molecule has 0 fully saturated rings. The number of rotatable bonds is 4. The summed E-state index contributed by atoms with van der Waals surface area (Å²) in [6, 6.07) is 0. The summed E-state index contributed by atoms with van der Waals surface area (Å²) in [6.45, 7) is 0.745. The van der Waals surface area contributed by atoms with E-state index < -0.39 is 0 Å². The number of imidazole rings is 2. The molecule has 0 aliphatic heterocycles. The normalized spacial score (nSPS) is 10.6. The zero-order chi connectivity index (χ0) is 13.2. The van der Waals surface area contributed by atoms with Gasteiger partial charge in [-0.2, -0.15) is 0 Å². The predicted octanol–water partition coefficient (Wildman–Crippen LogP) is 2.18. The van der Waals surface area contributed by atoms with Gasteiger partial charge in [0, 0.05) is 44.3 Å². The van der Waals surface area contributed by atoms with E-state index >= 15 is 0 Å². The Labute approximate surface area is 120 Å². The van der Waals surface area contributed by atoms with Gasteiger partial charge in [-0.25, -0.2) is 9.97 Å². The van der Waals surface area contributed by atoms with Crippen molar-refractivity contribution < 1.29 is 13.1 Å². The van der Waals surface area contributed by atoms with Gasteiger partial charge in [-0.05, 0) is 0 Å². The van der Waals surface area contributed by atoms with Gasteiger partial charge in [-0.15, -0.1) is 0 Å². The summed E-state index contributed by atoms with van der Waals surface area (Å²) >= 11 is 0.757. The van der Waals surface area contributed by atoms with Crippen LogP contribution >= 0.6 is 20.2 Å². The van der Waals surface area contributed by atoms with Gasteiger partial charge in [0.15, 0.2) is 0 Å². The van der Waals surface area contributed by atoms with Gasteiger partial charge in [0.1, 0.15) is 5.82 Å². The molecule has 2 aromatic heterocycles. The first kappa shape index (κ1) is 15.2. The van der Waals surface area contributed by atoms with Crippen LogP contribution in [-0.2, 0) is 26.6 Å². The maximum absolute atomic E-state index is 4.67. The van der Waals surface area contributed by atoms with Crippen LogP contribution in [0.2, 0.25) is 0 Å². The van der Waals surface area contributed by atoms with Crippen LogP contribution in [0.3, 0.4) is 0 Å². The number of aromatic nitrogens is 4. The molecular formula is C10H13Cl2CuN5. The fourth-order valence-electron chi connectivity index (χ4n) is 1.25. The van der Waals surface area contributed by atoms with E-state index in [1.807, 2.05) is 24.0 Å². The summed E-state index contributed by atoms with van der Waals surface area (Å²) in [7, 11) is 11.3. The summed E-state index contributed by atoms with van der Waals surface area (Å²) in [5, 5.41) is 0. The molecule has 8 heteroatoms. The first-order chi connectivity index (χ1) is 8.77. The van der Waals surface area contributed by atoms with Crippen molar-refractivity contribution in [3.63, 3.8) is 0 Å². The summed E-state index contributed by atoms with van der Waals surface area (Å²) in [5.74, 6) is 0.875. The maximum atomic E-state index is 4.67. The summed E-state index contributed by atoms with van der Waals surface area (Å²) < 4.78 is 1.93. The summed E-state index contributed by atoms with van der Waals surface area (Å²) in [6.07, 6.45) is 9.82. The molecule has 18 heavy (non-hydrogen) atoms. The average molecular weight is 338 g/mol. The van der Waals surface area contributed by atoms with E-state index in [0.717, 1.165) is 37.6 Å². The minimum absolute atomic E-state index is 0.745. The molecule has 0 amide bonds. The molecular weight excluding hydrogens is 325 g/mol. The van der Waals surface area contributed by atoms with E-state index in [4.69, 9.17) is 0 Å². The van der Waals surface area contributed by atoms with Crippen molar-refractivity contribution in [2.24, 2.45) is 12.0 Å². The van der Waals surface area contributed by atoms with Crippen molar-refractivity contribution in [3.05, 3.63) is 36.4 Å². The number of nitrogens with zero attached hydrogens (tertiary/aromatic N) is 4. The van der Waals surface area contributed by atoms with Gasteiger partial charge in [0.05, 0.1) is 12.5 Å². The monoisotopic (exact) mass is 336 g/mol. The van der Waals surface area contributed by atoms with E-state index in [1.54, 1.807) is 18.7 Å². The number of halogens is 2. The van der Waals surface area contributed by atoms with Crippen molar-refractivity contribution in [3.8, 4) is 0 Å². The summed E-state index contributed by atoms with van der Waals surface area (Å²) in [5.41, 5.74) is 1.10. The second-order valence-corrected chi connectivity index (χ2v) is 4.86. The van der Waals surface area contributed by atoms with Crippen LogP contribution in [-0.4, -0.2) is 32.3 Å². The Hall–Kier alpha value is -0.811. The van der Waals surface area contributed by atoms with Crippen LogP contribution in [0.15, 0.2) is 29.9 Å². The second kappa shape index (κ2) is 9.16. The van der Waals surface area contributed by atoms with Crippen molar-refractivity contribution in [1.29, 1.82) is 0 Å². The van der Waals surface area contributed by atoms with Crippen LogP contribution in [0, 0.1) is 0 Å². The number of H-pyrrole nitrogens is 1. The Kier molecular flexibility index (Phi) is 7.76. The average Bonchev–Trinajstić information content (AvgIpc) is 2.98. The van der Waals surface area contributed by atoms with Crippen LogP contribution in [0.4, 0.5) is 0 Å². The van der Waals surface area contributed by atoms with Crippen LogP contribution in [0.5, 0.6) is 0 Å². The standard InChI is InChI=1S/C10H13N5.2ClH.Cu/c1-15-5-4-13-10(15)7-11-3-2-9-6-12-8-14-9;;;/h4-8H,2-3H2,1H3,(H,12,14);2*1H;/q;;;+2/p-2. The minimum atomic E-state index is 0.745. The molecule has 5 nitrogen and oxygen atoms in total. The molecule has 0 bridgehead atoms. The first-order valence-electron chi connectivity index (χ1n) is 5.03. The van der Waals surface area contributed by atoms with Crippen molar-refractivity contribution in [2.75, 3.05) is 6.54 Å². The third kappa shape index (κ3) is 5.69. The van der Waals surface area contributed by atoms with Gasteiger partial charge in [0.25, 0.3) is 0 Å². The van der Waals surface area contributed by atoms with E-state index in [9.17, 15) is 0 Å². The second-order valence-electron chi connectivity index (χ2n) is 3.30. The van der Waals surface area contributed by atoms with Crippen molar-refractivity contribution in [2.45, 2.75) is 6.42 Å². The molecule has 0 radical (unpaired) electrons. The van der Waals surface area contributed by atoms with E-state index in [2.05, 4.69) is 40.1 Å². The third-order valence-electron chi connectivity index (χ3n) is 2.13. The Morgan fingerprint density at radius 1 is 1.56 bits per heavy atom. The van der Waals surface area contributed by atoms with Gasteiger partial charge >= 0.3 is 33.3 Å². The van der Waals surface area contributed by atoms with E-state index in [1.165, 1.54) is 0 Å². The Balaban J connectivity index is 0.000000492. The van der Waals surface area contributed by atoms with Crippen LogP contribution in [0.1, 0.15) is 11.5 Å². The molecule has 0 saturated carbocycles. The number of nitrogens with one attached hydrogen (secondary N) is 1. The zero-order valence-corrected chi connectivity index (χ0v) is 12.1. The zero-order valence-electron chi connectivity index (χ0n) is 9.65. The van der Waals surface area contributed by atoms with E-state index in [0.29, 0.717) is 0 Å². The first-order valence-corrected chi connectivity index (χ1v) is 7.62. The molecule has 0 spiro atoms. The molecule has 2 aromatic rings. The Morgan fingerprint density at radius 2 is 2.33 bits per heavy atom. The van der Waals surface area contributed by atoms with Crippen LogP contribution < -0.4 is 0 Å². The molecule has 0 aromatic carbocycles. The van der Waals surface area contributed by atoms with E-state index in [-0.39, 0.29) is 0 Å². The molecule has 0 atom stereocenters. The molecule has 0 unspecified atom stereocenters. The number of aromatic amines is 1. The Morgan fingerprint density at radius 3 is 2.89 bits per heavy atom. The molecule has 0 aliphatic rings. The van der Waals surface area contributed by atoms with Gasteiger partial charge in [-0.1, -0.05) is 0 Å². The SMILES string of the molecule is Cn1ccnc1C=NCCc1cnc[nH]1.[Cl][Cu][Cl]. The van der Waals surface area contributed by atoms with Crippen LogP contribution in [0.25, 0.3) is 0 Å². The fourth-order valence-corrected chi connectivity index (χ4v) is 1.25. The molecule has 2 heterocycles. The topological polar surface area (TPSA) is 58.9 Å². The fraction of sp³-hybridized carbons (Fsp3) is 0.300. The van der Waals surface area contributed by atoms with Crippen molar-refractivity contribution >= 4 is 26.4 Å². The predicted molar refractivity (Wildman–Crippen MR) is 69.7 cm³/mol. The summed E-state index contributed by atoms with van der Waals surface area (Å²) in [4.78, 5) is 15.4. The quantitative estimate of drug-likeness (QED) is 0.686. The number of aryl methyl sites for hydroxylation is 1. The molecule has 0 aliphatic carbocycles. The van der Waals surface area contributed by atoms with Gasteiger partial charge in [0.2, 0.25) is 0 Å². The number of hydrogen-bond donors (Lipinski definition) is 1. The molecule has 0 saturated heterocycles. The van der Waals surface area contributed by atoms with Crippen molar-refractivity contribution in [1.82, 2.24) is 19.5 Å². The van der Waals surface area contributed by atoms with Gasteiger partial charge in [-0.3, -0.25) is 4.99 Å². The number of aliphatic imine (C=N–C) groups is 1. The van der Waals surface area contributed by atoms with Gasteiger partial charge < -0.3 is 9.55 Å².